The first kappa shape index (κ1) is 11.7. The van der Waals surface area contributed by atoms with Crippen LogP contribution in [0.3, 0.4) is 0 Å². The highest BCUT2D eigenvalue weighted by Gasteiger charge is 2.51. The first-order valence-electron chi connectivity index (χ1n) is 4.95. The number of halogens is 3. The van der Waals surface area contributed by atoms with Gasteiger partial charge in [0, 0.05) is 5.92 Å². The van der Waals surface area contributed by atoms with E-state index in [-0.39, 0.29) is 5.92 Å². The summed E-state index contributed by atoms with van der Waals surface area (Å²) in [6, 6.07) is 0. The molecule has 0 radical (unpaired) electrons. The second kappa shape index (κ2) is 3.35. The van der Waals surface area contributed by atoms with E-state index in [0.717, 1.165) is 12.0 Å². The number of sulfone groups is 1. The van der Waals surface area contributed by atoms with Crippen molar-refractivity contribution in [1.82, 2.24) is 0 Å². The lowest BCUT2D eigenvalue weighted by atomic mass is 9.77. The number of rotatable bonds is 1. The van der Waals surface area contributed by atoms with Gasteiger partial charge in [-0.25, -0.2) is 8.42 Å². The van der Waals surface area contributed by atoms with Gasteiger partial charge >= 0.3 is 5.51 Å². The largest absolute Gasteiger partial charge is 0.501 e. The van der Waals surface area contributed by atoms with Crippen LogP contribution in [0.4, 0.5) is 13.2 Å². The summed E-state index contributed by atoms with van der Waals surface area (Å²) in [6.45, 7) is 1.82. The van der Waals surface area contributed by atoms with Gasteiger partial charge in [-0.2, -0.15) is 13.2 Å². The zero-order chi connectivity index (χ0) is 12.1. The quantitative estimate of drug-likeness (QED) is 0.672. The molecule has 2 unspecified atom stereocenters. The zero-order valence-electron chi connectivity index (χ0n) is 8.58. The molecule has 0 spiro atoms. The maximum absolute atomic E-state index is 12.4. The van der Waals surface area contributed by atoms with Crippen molar-refractivity contribution in [1.29, 1.82) is 0 Å². The minimum Gasteiger partial charge on any atom is -0.215 e. The minimum absolute atomic E-state index is 0.142. The summed E-state index contributed by atoms with van der Waals surface area (Å²) < 4.78 is 59.7. The SMILES string of the molecule is CC1=CC2CCC1C=C2S(=O)(=O)C(F)(F)F. The van der Waals surface area contributed by atoms with Gasteiger partial charge in [0.05, 0.1) is 4.91 Å². The van der Waals surface area contributed by atoms with Crippen LogP contribution >= 0.6 is 0 Å². The molecule has 6 heteroatoms. The molecule has 3 rings (SSSR count). The molecule has 3 aliphatic carbocycles. The Balaban J connectivity index is 2.44. The van der Waals surface area contributed by atoms with Gasteiger partial charge in [0.1, 0.15) is 0 Å². The van der Waals surface area contributed by atoms with E-state index in [1.165, 1.54) is 6.08 Å². The molecule has 0 amide bonds. The molecular weight excluding hydrogens is 241 g/mol. The molecular formula is C10H11F3O2S. The summed E-state index contributed by atoms with van der Waals surface area (Å²) in [5, 5.41) is 0. The molecule has 0 fully saturated rings. The number of hydrogen-bond donors (Lipinski definition) is 0. The van der Waals surface area contributed by atoms with Crippen LogP contribution in [-0.2, 0) is 9.84 Å². The van der Waals surface area contributed by atoms with Crippen LogP contribution in [0.5, 0.6) is 0 Å². The van der Waals surface area contributed by atoms with E-state index in [4.69, 9.17) is 0 Å². The van der Waals surface area contributed by atoms with E-state index in [1.807, 2.05) is 6.92 Å². The average Bonchev–Trinajstić information content (AvgIpc) is 2.16. The van der Waals surface area contributed by atoms with E-state index in [9.17, 15) is 21.6 Å². The maximum Gasteiger partial charge on any atom is 0.501 e. The first-order chi connectivity index (χ1) is 7.23. The van der Waals surface area contributed by atoms with Crippen LogP contribution in [0.25, 0.3) is 0 Å². The van der Waals surface area contributed by atoms with E-state index in [1.54, 1.807) is 6.08 Å². The third-order valence-corrected chi connectivity index (χ3v) is 4.85. The molecule has 0 aliphatic heterocycles. The van der Waals surface area contributed by atoms with Gasteiger partial charge in [-0.15, -0.1) is 0 Å². The van der Waals surface area contributed by atoms with Gasteiger partial charge in [-0.1, -0.05) is 17.7 Å². The third kappa shape index (κ3) is 1.59. The Morgan fingerprint density at radius 1 is 1.19 bits per heavy atom. The molecule has 3 aliphatic rings. The Hall–Kier alpha value is -0.780. The normalized spacial score (nSPS) is 30.0. The Morgan fingerprint density at radius 3 is 2.12 bits per heavy atom. The highest BCUT2D eigenvalue weighted by Crippen LogP contribution is 2.45. The van der Waals surface area contributed by atoms with Crippen LogP contribution in [-0.4, -0.2) is 13.9 Å². The van der Waals surface area contributed by atoms with Crippen molar-refractivity contribution < 1.29 is 21.6 Å². The molecule has 0 aromatic heterocycles. The summed E-state index contributed by atoms with van der Waals surface area (Å²) in [6.07, 6.45) is 4.14. The molecule has 0 N–H and O–H groups in total. The molecule has 2 nitrogen and oxygen atoms in total. The highest BCUT2D eigenvalue weighted by molar-refractivity contribution is 7.96. The number of allylic oxidation sites excluding steroid dienone is 4. The standard InChI is InChI=1S/C10H11F3O2S/c1-6-4-8-3-2-7(6)5-9(8)16(14,15)10(11,12)13/h4-5,7-8H,2-3H2,1H3. The van der Waals surface area contributed by atoms with E-state index in [2.05, 4.69) is 0 Å². The van der Waals surface area contributed by atoms with E-state index >= 15 is 0 Å². The molecule has 2 bridgehead atoms. The molecule has 0 aromatic rings. The van der Waals surface area contributed by atoms with Crippen molar-refractivity contribution in [3.05, 3.63) is 22.6 Å². The smallest absolute Gasteiger partial charge is 0.215 e. The number of alkyl halides is 3. The lowest BCUT2D eigenvalue weighted by Gasteiger charge is -2.33. The van der Waals surface area contributed by atoms with Crippen molar-refractivity contribution in [3.63, 3.8) is 0 Å². The van der Waals surface area contributed by atoms with Crippen molar-refractivity contribution in [2.75, 3.05) is 0 Å². The molecule has 16 heavy (non-hydrogen) atoms. The van der Waals surface area contributed by atoms with Crippen LogP contribution in [0.1, 0.15) is 19.8 Å². The van der Waals surface area contributed by atoms with Gasteiger partial charge in [0.2, 0.25) is 0 Å². The molecule has 0 saturated heterocycles. The second-order valence-electron chi connectivity index (χ2n) is 4.22. The van der Waals surface area contributed by atoms with Gasteiger partial charge in [0.25, 0.3) is 9.84 Å². The molecule has 0 saturated carbocycles. The topological polar surface area (TPSA) is 34.1 Å². The fraction of sp³-hybridized carbons (Fsp3) is 0.600. The highest BCUT2D eigenvalue weighted by atomic mass is 32.2. The van der Waals surface area contributed by atoms with Gasteiger partial charge in [0.15, 0.2) is 0 Å². The van der Waals surface area contributed by atoms with Crippen molar-refractivity contribution in [3.8, 4) is 0 Å². The van der Waals surface area contributed by atoms with Crippen LogP contribution in [0.2, 0.25) is 0 Å². The summed E-state index contributed by atoms with van der Waals surface area (Å²) in [7, 11) is -5.14. The first-order valence-corrected chi connectivity index (χ1v) is 6.43. The summed E-state index contributed by atoms with van der Waals surface area (Å²) >= 11 is 0. The predicted octanol–water partition coefficient (Wildman–Crippen LogP) is 2.79. The third-order valence-electron chi connectivity index (χ3n) is 3.18. The fourth-order valence-electron chi connectivity index (χ4n) is 2.29. The van der Waals surface area contributed by atoms with Crippen molar-refractivity contribution in [2.24, 2.45) is 11.8 Å². The van der Waals surface area contributed by atoms with Gasteiger partial charge < -0.3 is 0 Å². The van der Waals surface area contributed by atoms with Crippen molar-refractivity contribution in [2.45, 2.75) is 25.3 Å². The lowest BCUT2D eigenvalue weighted by Crippen LogP contribution is -2.32. The van der Waals surface area contributed by atoms with Crippen LogP contribution in [0.15, 0.2) is 22.6 Å². The maximum atomic E-state index is 12.4. The second-order valence-corrected chi connectivity index (χ2v) is 6.16. The van der Waals surface area contributed by atoms with E-state index in [0.29, 0.717) is 6.42 Å². The van der Waals surface area contributed by atoms with Crippen LogP contribution < -0.4 is 0 Å². The zero-order valence-corrected chi connectivity index (χ0v) is 9.40. The molecule has 0 aromatic carbocycles. The molecule has 2 atom stereocenters. The van der Waals surface area contributed by atoms with Crippen LogP contribution in [0, 0.1) is 11.8 Å². The Bertz CT molecular complexity index is 471. The summed E-state index contributed by atoms with van der Waals surface area (Å²) in [5.74, 6) is -0.728. The average molecular weight is 252 g/mol. The lowest BCUT2D eigenvalue weighted by molar-refractivity contribution is -0.0429. The van der Waals surface area contributed by atoms with Gasteiger partial charge in [-0.3, -0.25) is 0 Å². The molecule has 90 valence electrons. The molecule has 0 heterocycles. The Kier molecular flexibility index (Phi) is 2.45. The summed E-state index contributed by atoms with van der Waals surface area (Å²) in [4.78, 5) is -0.457. The van der Waals surface area contributed by atoms with Gasteiger partial charge in [-0.05, 0) is 25.7 Å². The number of fused-ring (bicyclic) bond motifs is 1. The van der Waals surface area contributed by atoms with Crippen molar-refractivity contribution >= 4 is 9.84 Å². The monoisotopic (exact) mass is 252 g/mol. The van der Waals surface area contributed by atoms with E-state index < -0.39 is 26.2 Å². The Labute approximate surface area is 91.8 Å². The fourth-order valence-corrected chi connectivity index (χ4v) is 3.49. The summed E-state index contributed by atoms with van der Waals surface area (Å²) in [5.41, 5.74) is -4.21. The minimum atomic E-state index is -5.18. The number of hydrogen-bond acceptors (Lipinski definition) is 2. The predicted molar refractivity (Wildman–Crippen MR) is 53.0 cm³/mol. The Morgan fingerprint density at radius 2 is 1.75 bits per heavy atom.